The van der Waals surface area contributed by atoms with Gasteiger partial charge in [-0.2, -0.15) is 0 Å². The smallest absolute Gasteiger partial charge is 0.407 e. The Labute approximate surface area is 167 Å². The molecule has 0 radical (unpaired) electrons. The minimum atomic E-state index is -0.635. The summed E-state index contributed by atoms with van der Waals surface area (Å²) in [5.74, 6) is 0. The molecule has 0 aliphatic carbocycles. The number of aliphatic hydroxyl groups is 1. The maximum atomic E-state index is 12.3. The summed E-state index contributed by atoms with van der Waals surface area (Å²) in [5, 5.41) is 13.6. The predicted octanol–water partition coefficient (Wildman–Crippen LogP) is 2.73. The van der Waals surface area contributed by atoms with Crippen molar-refractivity contribution in [3.8, 4) is 0 Å². The van der Waals surface area contributed by atoms with E-state index in [1.165, 1.54) is 0 Å². The highest BCUT2D eigenvalue weighted by molar-refractivity contribution is 5.68. The van der Waals surface area contributed by atoms with E-state index < -0.39 is 17.8 Å². The van der Waals surface area contributed by atoms with Crippen LogP contribution in [-0.2, 0) is 17.6 Å². The van der Waals surface area contributed by atoms with Gasteiger partial charge in [-0.15, -0.1) is 0 Å². The molecule has 2 aromatic rings. The number of carbonyl (C=O) groups excluding carboxylic acids is 1. The molecule has 0 heterocycles. The molecule has 0 saturated carbocycles. The van der Waals surface area contributed by atoms with E-state index in [1.807, 2.05) is 81.4 Å². The molecule has 0 fully saturated rings. The number of aliphatic hydroxyl groups excluding tert-OH is 1. The van der Waals surface area contributed by atoms with Crippen LogP contribution in [0.1, 0.15) is 38.3 Å². The van der Waals surface area contributed by atoms with Crippen LogP contribution < -0.4 is 11.1 Å². The average Bonchev–Trinajstić information content (AvgIpc) is 2.61. The first kappa shape index (κ1) is 21.9. The van der Waals surface area contributed by atoms with Crippen molar-refractivity contribution in [2.45, 2.75) is 63.8 Å². The van der Waals surface area contributed by atoms with E-state index in [1.54, 1.807) is 0 Å². The number of alkyl carbamates (subject to hydrolysis) is 1. The van der Waals surface area contributed by atoms with Gasteiger partial charge in [0.15, 0.2) is 0 Å². The molecule has 5 N–H and O–H groups in total. The Kier molecular flexibility index (Phi) is 8.03. The summed E-state index contributed by atoms with van der Waals surface area (Å²) in [6, 6.07) is 19.5. The lowest BCUT2D eigenvalue weighted by molar-refractivity contribution is -0.437. The molecule has 0 aromatic heterocycles. The van der Waals surface area contributed by atoms with Crippen LogP contribution in [0.4, 0.5) is 4.79 Å². The van der Waals surface area contributed by atoms with Gasteiger partial charge in [-0.1, -0.05) is 60.7 Å². The number of hydrogen-bond donors (Lipinski definition) is 3. The average molecular weight is 386 g/mol. The Balaban J connectivity index is 2.01. The Hall–Kier alpha value is -2.37. The molecule has 152 valence electrons. The van der Waals surface area contributed by atoms with Crippen molar-refractivity contribution in [1.82, 2.24) is 5.32 Å². The minimum absolute atomic E-state index is 0.166. The van der Waals surface area contributed by atoms with Crippen LogP contribution in [0.25, 0.3) is 0 Å². The summed E-state index contributed by atoms with van der Waals surface area (Å²) in [5.41, 5.74) is 5.81. The number of hydrogen-bond acceptors (Lipinski definition) is 3. The Morgan fingerprint density at radius 3 is 2.00 bits per heavy atom. The van der Waals surface area contributed by atoms with Gasteiger partial charge in [0.05, 0.1) is 0 Å². The van der Waals surface area contributed by atoms with Gasteiger partial charge in [-0.25, -0.2) is 4.79 Å². The summed E-state index contributed by atoms with van der Waals surface area (Å²) < 4.78 is 5.40. The van der Waals surface area contributed by atoms with Crippen LogP contribution in [0.5, 0.6) is 0 Å². The zero-order chi connectivity index (χ0) is 20.6. The molecule has 0 spiro atoms. The molecule has 2 rings (SSSR count). The minimum Gasteiger partial charge on any atom is -0.444 e. The lowest BCUT2D eigenvalue weighted by Gasteiger charge is -2.26. The van der Waals surface area contributed by atoms with Gasteiger partial charge in [0.1, 0.15) is 17.7 Å². The number of carbonyl (C=O) groups is 1. The molecular weight excluding hydrogens is 352 g/mol. The Morgan fingerprint density at radius 1 is 1.00 bits per heavy atom. The van der Waals surface area contributed by atoms with Crippen LogP contribution in [0, 0.1) is 0 Å². The SMILES string of the molecule is CC(C)(C)OC(=O)N[C@@H](Cc1ccccc1)C[C@H](O)[C@@H]([NH3+])Cc1ccccc1. The molecule has 0 unspecified atom stereocenters. The normalized spacial score (nSPS) is 14.8. The van der Waals surface area contributed by atoms with Crippen molar-refractivity contribution in [1.29, 1.82) is 0 Å². The Morgan fingerprint density at radius 2 is 1.50 bits per heavy atom. The van der Waals surface area contributed by atoms with Gasteiger partial charge < -0.3 is 20.9 Å². The lowest BCUT2D eigenvalue weighted by Crippen LogP contribution is -2.68. The summed E-state index contributed by atoms with van der Waals surface area (Å²) in [6.45, 7) is 5.50. The maximum absolute atomic E-state index is 12.3. The van der Waals surface area contributed by atoms with Gasteiger partial charge in [-0.05, 0) is 44.7 Å². The zero-order valence-electron chi connectivity index (χ0n) is 17.1. The highest BCUT2D eigenvalue weighted by Crippen LogP contribution is 2.13. The standard InChI is InChI=1S/C23H32N2O3/c1-23(2,3)28-22(27)25-19(14-17-10-6-4-7-11-17)16-21(26)20(24)15-18-12-8-5-9-13-18/h4-13,19-21,26H,14-16,24H2,1-3H3,(H,25,27)/p+1/t19-,20-,21-/m0/s1. The highest BCUT2D eigenvalue weighted by atomic mass is 16.6. The van der Waals surface area contributed by atoms with Crippen molar-refractivity contribution in [3.63, 3.8) is 0 Å². The van der Waals surface area contributed by atoms with E-state index in [2.05, 4.69) is 11.1 Å². The van der Waals surface area contributed by atoms with Gasteiger partial charge in [0.2, 0.25) is 0 Å². The second-order valence-electron chi connectivity index (χ2n) is 8.29. The van der Waals surface area contributed by atoms with E-state index in [0.29, 0.717) is 19.3 Å². The molecular formula is C23H33N2O3+. The predicted molar refractivity (Wildman–Crippen MR) is 111 cm³/mol. The van der Waals surface area contributed by atoms with Gasteiger partial charge >= 0.3 is 6.09 Å². The van der Waals surface area contributed by atoms with Gasteiger partial charge in [0, 0.05) is 12.5 Å². The molecule has 5 heteroatoms. The fourth-order valence-corrected chi connectivity index (χ4v) is 3.10. The first-order chi connectivity index (χ1) is 13.2. The molecule has 0 aliphatic rings. The molecule has 5 nitrogen and oxygen atoms in total. The van der Waals surface area contributed by atoms with E-state index in [4.69, 9.17) is 4.74 Å². The molecule has 0 bridgehead atoms. The summed E-state index contributed by atoms with van der Waals surface area (Å²) in [4.78, 5) is 12.3. The van der Waals surface area contributed by atoms with E-state index >= 15 is 0 Å². The fourth-order valence-electron chi connectivity index (χ4n) is 3.10. The quantitative estimate of drug-likeness (QED) is 0.653. The van der Waals surface area contributed by atoms with Gasteiger partial charge in [0.25, 0.3) is 0 Å². The first-order valence-corrected chi connectivity index (χ1v) is 9.81. The molecule has 0 saturated heterocycles. The van der Waals surface area contributed by atoms with Crippen molar-refractivity contribution >= 4 is 6.09 Å². The number of nitrogens with one attached hydrogen (secondary N) is 1. The van der Waals surface area contributed by atoms with Crippen LogP contribution in [0.3, 0.4) is 0 Å². The highest BCUT2D eigenvalue weighted by Gasteiger charge is 2.26. The molecule has 1 amide bonds. The topological polar surface area (TPSA) is 86.2 Å². The third-order valence-corrected chi connectivity index (χ3v) is 4.46. The second kappa shape index (κ2) is 10.2. The largest absolute Gasteiger partial charge is 0.444 e. The number of ether oxygens (including phenoxy) is 1. The number of quaternary nitrogens is 1. The third kappa shape index (κ3) is 8.11. The van der Waals surface area contributed by atoms with E-state index in [0.717, 1.165) is 11.1 Å². The summed E-state index contributed by atoms with van der Waals surface area (Å²) in [6.07, 6.45) is 0.616. The van der Waals surface area contributed by atoms with Gasteiger partial charge in [-0.3, -0.25) is 0 Å². The number of rotatable bonds is 8. The van der Waals surface area contributed by atoms with Crippen LogP contribution >= 0.6 is 0 Å². The summed E-state index contributed by atoms with van der Waals surface area (Å²) >= 11 is 0. The summed E-state index contributed by atoms with van der Waals surface area (Å²) in [7, 11) is 0. The lowest BCUT2D eigenvalue weighted by atomic mass is 9.94. The molecule has 2 aromatic carbocycles. The molecule has 0 aliphatic heterocycles. The van der Waals surface area contributed by atoms with E-state index in [9.17, 15) is 9.90 Å². The van der Waals surface area contributed by atoms with Crippen molar-refractivity contribution in [3.05, 3.63) is 71.8 Å². The number of benzene rings is 2. The van der Waals surface area contributed by atoms with Crippen LogP contribution in [0.15, 0.2) is 60.7 Å². The number of amides is 1. The zero-order valence-corrected chi connectivity index (χ0v) is 17.1. The maximum Gasteiger partial charge on any atom is 0.407 e. The molecule has 3 atom stereocenters. The monoisotopic (exact) mass is 385 g/mol. The van der Waals surface area contributed by atoms with E-state index in [-0.39, 0.29) is 12.1 Å². The third-order valence-electron chi connectivity index (χ3n) is 4.46. The Bertz CT molecular complexity index is 714. The van der Waals surface area contributed by atoms with Crippen molar-refractivity contribution < 1.29 is 20.4 Å². The second-order valence-corrected chi connectivity index (χ2v) is 8.29. The van der Waals surface area contributed by atoms with Crippen molar-refractivity contribution in [2.24, 2.45) is 0 Å². The van der Waals surface area contributed by atoms with Crippen LogP contribution in [0.2, 0.25) is 0 Å². The molecule has 28 heavy (non-hydrogen) atoms. The van der Waals surface area contributed by atoms with Crippen LogP contribution in [-0.4, -0.2) is 35.0 Å². The first-order valence-electron chi connectivity index (χ1n) is 9.81. The fraction of sp³-hybridized carbons (Fsp3) is 0.435. The van der Waals surface area contributed by atoms with Crippen molar-refractivity contribution in [2.75, 3.05) is 0 Å².